The standard InChI is InChI=1S/C25H33N7O.HI/c1-3-26-25(28-18-20-10-12-27-24(16-20)32-15-7-11-30-32)29-19-23(31-13-4-5-14-31)21-8-6-9-22(17-21)33-2;/h6-12,15-17,23H,3-5,13-14,18-19H2,1-2H3,(H2,26,28,29);1H. The Balaban J connectivity index is 0.00000324. The van der Waals surface area contributed by atoms with Crippen LogP contribution in [0.5, 0.6) is 5.75 Å². The lowest BCUT2D eigenvalue weighted by molar-refractivity contribution is 0.245. The molecule has 2 aromatic heterocycles. The normalized spacial score (nSPS) is 14.9. The van der Waals surface area contributed by atoms with Crippen LogP contribution >= 0.6 is 24.0 Å². The molecule has 1 unspecified atom stereocenters. The van der Waals surface area contributed by atoms with E-state index in [1.807, 2.05) is 30.5 Å². The van der Waals surface area contributed by atoms with Gasteiger partial charge >= 0.3 is 0 Å². The maximum atomic E-state index is 5.47. The molecule has 1 aromatic carbocycles. The third-order valence-corrected chi connectivity index (χ3v) is 5.84. The molecule has 3 heterocycles. The number of nitrogens with zero attached hydrogens (tertiary/aromatic N) is 5. The van der Waals surface area contributed by atoms with Crippen LogP contribution in [0.3, 0.4) is 0 Å². The molecule has 3 aromatic rings. The van der Waals surface area contributed by atoms with Crippen LogP contribution < -0.4 is 15.4 Å². The van der Waals surface area contributed by atoms with Crippen molar-refractivity contribution in [1.29, 1.82) is 0 Å². The van der Waals surface area contributed by atoms with Gasteiger partial charge in [0.1, 0.15) is 5.75 Å². The van der Waals surface area contributed by atoms with E-state index in [0.717, 1.165) is 49.3 Å². The quantitative estimate of drug-likeness (QED) is 0.230. The molecule has 34 heavy (non-hydrogen) atoms. The van der Waals surface area contributed by atoms with Crippen molar-refractivity contribution in [3.63, 3.8) is 0 Å². The fourth-order valence-electron chi connectivity index (χ4n) is 4.15. The molecular weight excluding hydrogens is 541 g/mol. The fraction of sp³-hybridized carbons (Fsp3) is 0.400. The van der Waals surface area contributed by atoms with Gasteiger partial charge in [0.15, 0.2) is 11.8 Å². The number of hydrogen-bond acceptors (Lipinski definition) is 5. The summed E-state index contributed by atoms with van der Waals surface area (Å²) in [6, 6.07) is 14.5. The van der Waals surface area contributed by atoms with Crippen molar-refractivity contribution < 1.29 is 4.74 Å². The van der Waals surface area contributed by atoms with Crippen molar-refractivity contribution in [2.45, 2.75) is 32.4 Å². The molecule has 8 nitrogen and oxygen atoms in total. The van der Waals surface area contributed by atoms with Crippen LogP contribution in [0.15, 0.2) is 66.0 Å². The summed E-state index contributed by atoms with van der Waals surface area (Å²) in [4.78, 5) is 11.8. The Labute approximate surface area is 218 Å². The number of halogens is 1. The lowest BCUT2D eigenvalue weighted by Crippen LogP contribution is -2.42. The number of rotatable bonds is 9. The van der Waals surface area contributed by atoms with Gasteiger partial charge in [0, 0.05) is 31.7 Å². The Morgan fingerprint density at radius 2 is 1.97 bits per heavy atom. The molecule has 0 radical (unpaired) electrons. The van der Waals surface area contributed by atoms with E-state index in [2.05, 4.69) is 50.7 Å². The summed E-state index contributed by atoms with van der Waals surface area (Å²) in [6.45, 7) is 6.44. The van der Waals surface area contributed by atoms with Crippen LogP contribution in [-0.2, 0) is 6.54 Å². The van der Waals surface area contributed by atoms with Crippen molar-refractivity contribution in [3.05, 3.63) is 72.2 Å². The molecule has 0 spiro atoms. The van der Waals surface area contributed by atoms with Gasteiger partial charge in [-0.2, -0.15) is 5.10 Å². The van der Waals surface area contributed by atoms with Gasteiger partial charge in [-0.1, -0.05) is 12.1 Å². The second kappa shape index (κ2) is 13.3. The minimum absolute atomic E-state index is 0. The monoisotopic (exact) mass is 575 g/mol. The minimum Gasteiger partial charge on any atom is -0.497 e. The number of ether oxygens (including phenoxy) is 1. The van der Waals surface area contributed by atoms with E-state index in [-0.39, 0.29) is 30.0 Å². The van der Waals surface area contributed by atoms with Crippen LogP contribution in [0, 0.1) is 0 Å². The van der Waals surface area contributed by atoms with E-state index in [0.29, 0.717) is 6.54 Å². The molecule has 4 rings (SSSR count). The molecule has 2 N–H and O–H groups in total. The molecule has 1 aliphatic rings. The molecule has 0 saturated carbocycles. The zero-order valence-electron chi connectivity index (χ0n) is 19.9. The Kier molecular flexibility index (Phi) is 10.1. The van der Waals surface area contributed by atoms with Gasteiger partial charge in [-0.15, -0.1) is 24.0 Å². The maximum Gasteiger partial charge on any atom is 0.191 e. The van der Waals surface area contributed by atoms with Gasteiger partial charge in [-0.05, 0) is 74.3 Å². The van der Waals surface area contributed by atoms with E-state index in [4.69, 9.17) is 9.73 Å². The number of nitrogens with one attached hydrogen (secondary N) is 2. The zero-order chi connectivity index (χ0) is 22.9. The van der Waals surface area contributed by atoms with E-state index in [1.165, 1.54) is 18.4 Å². The summed E-state index contributed by atoms with van der Waals surface area (Å²) in [7, 11) is 1.72. The summed E-state index contributed by atoms with van der Waals surface area (Å²) in [5.74, 6) is 2.49. The summed E-state index contributed by atoms with van der Waals surface area (Å²) < 4.78 is 7.22. The summed E-state index contributed by atoms with van der Waals surface area (Å²) in [6.07, 6.45) is 7.93. The van der Waals surface area contributed by atoms with Crippen LogP contribution in [0.4, 0.5) is 0 Å². The Morgan fingerprint density at radius 1 is 1.12 bits per heavy atom. The Bertz CT molecular complexity index is 1040. The third-order valence-electron chi connectivity index (χ3n) is 5.84. The first-order valence-electron chi connectivity index (χ1n) is 11.6. The van der Waals surface area contributed by atoms with Crippen LogP contribution in [0.2, 0.25) is 0 Å². The number of likely N-dealkylation sites (tertiary alicyclic amines) is 1. The number of aliphatic imine (C=N–C) groups is 1. The molecule has 0 bridgehead atoms. The molecule has 182 valence electrons. The molecular formula is C25H34IN7O. The van der Waals surface area contributed by atoms with Crippen LogP contribution in [-0.4, -0.2) is 58.9 Å². The van der Waals surface area contributed by atoms with Crippen LogP contribution in [0.1, 0.15) is 36.9 Å². The largest absolute Gasteiger partial charge is 0.497 e. The van der Waals surface area contributed by atoms with Gasteiger partial charge in [0.05, 0.1) is 19.7 Å². The van der Waals surface area contributed by atoms with Crippen LogP contribution in [0.25, 0.3) is 5.82 Å². The number of aromatic nitrogens is 3. The van der Waals surface area contributed by atoms with Gasteiger partial charge in [-0.3, -0.25) is 4.90 Å². The topological polar surface area (TPSA) is 79.6 Å². The Morgan fingerprint density at radius 3 is 2.71 bits per heavy atom. The molecule has 1 atom stereocenters. The van der Waals surface area contributed by atoms with E-state index < -0.39 is 0 Å². The summed E-state index contributed by atoms with van der Waals surface area (Å²) in [5.41, 5.74) is 2.34. The van der Waals surface area contributed by atoms with Gasteiger partial charge in [0.25, 0.3) is 0 Å². The lowest BCUT2D eigenvalue weighted by atomic mass is 10.1. The number of hydrogen-bond donors (Lipinski definition) is 2. The molecule has 9 heteroatoms. The average Bonchev–Trinajstić information content (AvgIpc) is 3.58. The number of guanidine groups is 1. The highest BCUT2D eigenvalue weighted by molar-refractivity contribution is 14.0. The highest BCUT2D eigenvalue weighted by atomic mass is 127. The molecule has 1 aliphatic heterocycles. The van der Waals surface area contributed by atoms with Gasteiger partial charge < -0.3 is 15.4 Å². The summed E-state index contributed by atoms with van der Waals surface area (Å²) in [5, 5.41) is 11.2. The van der Waals surface area contributed by atoms with Crippen molar-refractivity contribution in [2.75, 3.05) is 33.3 Å². The first-order valence-corrected chi connectivity index (χ1v) is 11.6. The first-order chi connectivity index (χ1) is 16.3. The highest BCUT2D eigenvalue weighted by Gasteiger charge is 2.24. The summed E-state index contributed by atoms with van der Waals surface area (Å²) >= 11 is 0. The van der Waals surface area contributed by atoms with E-state index in [9.17, 15) is 0 Å². The fourth-order valence-corrected chi connectivity index (χ4v) is 4.15. The number of pyridine rings is 1. The lowest BCUT2D eigenvalue weighted by Gasteiger charge is -2.29. The van der Waals surface area contributed by atoms with E-state index >= 15 is 0 Å². The van der Waals surface area contributed by atoms with Gasteiger partial charge in [-0.25, -0.2) is 14.7 Å². The average molecular weight is 575 g/mol. The van der Waals surface area contributed by atoms with Crippen molar-refractivity contribution in [2.24, 2.45) is 4.99 Å². The smallest absolute Gasteiger partial charge is 0.191 e. The second-order valence-corrected chi connectivity index (χ2v) is 8.08. The van der Waals surface area contributed by atoms with Crippen molar-refractivity contribution in [3.8, 4) is 11.6 Å². The predicted octanol–water partition coefficient (Wildman–Crippen LogP) is 3.79. The molecule has 0 aliphatic carbocycles. The van der Waals surface area contributed by atoms with Crippen molar-refractivity contribution >= 4 is 29.9 Å². The Hall–Kier alpha value is -2.66. The third kappa shape index (κ3) is 6.92. The second-order valence-electron chi connectivity index (χ2n) is 8.08. The predicted molar refractivity (Wildman–Crippen MR) is 146 cm³/mol. The van der Waals surface area contributed by atoms with Gasteiger partial charge in [0.2, 0.25) is 0 Å². The maximum absolute atomic E-state index is 5.47. The SMILES string of the molecule is CCNC(=NCc1ccnc(-n2cccn2)c1)NCC(c1cccc(OC)c1)N1CCCC1.I. The molecule has 0 amide bonds. The zero-order valence-corrected chi connectivity index (χ0v) is 22.2. The molecule has 1 saturated heterocycles. The van der Waals surface area contributed by atoms with E-state index in [1.54, 1.807) is 24.2 Å². The van der Waals surface area contributed by atoms with Crippen molar-refractivity contribution in [1.82, 2.24) is 30.3 Å². The highest BCUT2D eigenvalue weighted by Crippen LogP contribution is 2.27. The number of methoxy groups -OCH3 is 1. The number of benzene rings is 1. The minimum atomic E-state index is 0. The first kappa shape index (κ1) is 26.0. The molecule has 1 fully saturated rings.